The van der Waals surface area contributed by atoms with Gasteiger partial charge in [0.05, 0.1) is 4.83 Å². The number of halogens is 1. The van der Waals surface area contributed by atoms with Crippen molar-refractivity contribution in [2.24, 2.45) is 0 Å². The van der Waals surface area contributed by atoms with E-state index in [0.717, 1.165) is 17.9 Å². The average molecular weight is 339 g/mol. The molecule has 1 atom stereocenters. The summed E-state index contributed by atoms with van der Waals surface area (Å²) in [6.45, 7) is 3.44. The number of ether oxygens (including phenoxy) is 2. The molecule has 0 radical (unpaired) electrons. The molecular weight excluding hydrogens is 324 g/mol. The lowest BCUT2D eigenvalue weighted by Crippen LogP contribution is -2.15. The molecule has 19 heavy (non-hydrogen) atoms. The van der Waals surface area contributed by atoms with Crippen LogP contribution in [-0.2, 0) is 6.42 Å². The summed E-state index contributed by atoms with van der Waals surface area (Å²) in [4.78, 5) is 2.96. The van der Waals surface area contributed by atoms with Gasteiger partial charge in [-0.15, -0.1) is 11.3 Å². The van der Waals surface area contributed by atoms with Crippen LogP contribution >= 0.6 is 27.3 Å². The maximum Gasteiger partial charge on any atom is 0.161 e. The summed E-state index contributed by atoms with van der Waals surface area (Å²) >= 11 is 5.63. The summed E-state index contributed by atoms with van der Waals surface area (Å²) < 4.78 is 11.2. The van der Waals surface area contributed by atoms with Gasteiger partial charge in [0.15, 0.2) is 11.5 Å². The van der Waals surface area contributed by atoms with E-state index >= 15 is 0 Å². The Kier molecular flexibility index (Phi) is 3.80. The number of hydrogen-bond donors (Lipinski definition) is 0. The molecule has 0 saturated carbocycles. The number of aryl methyl sites for hydroxylation is 1. The van der Waals surface area contributed by atoms with E-state index in [-0.39, 0.29) is 4.83 Å². The van der Waals surface area contributed by atoms with E-state index in [0.29, 0.717) is 13.2 Å². The first kappa shape index (κ1) is 13.0. The number of benzene rings is 1. The molecule has 3 rings (SSSR count). The van der Waals surface area contributed by atoms with Crippen LogP contribution in [0.25, 0.3) is 0 Å². The van der Waals surface area contributed by atoms with Crippen molar-refractivity contribution in [2.45, 2.75) is 18.2 Å². The molecule has 4 heteroatoms. The quantitative estimate of drug-likeness (QED) is 0.763. The predicted octanol–water partition coefficient (Wildman–Crippen LogP) is 4.57. The van der Waals surface area contributed by atoms with Gasteiger partial charge in [-0.05, 0) is 36.2 Å². The molecule has 0 saturated heterocycles. The lowest BCUT2D eigenvalue weighted by molar-refractivity contribution is 0.171. The van der Waals surface area contributed by atoms with Gasteiger partial charge in [0.25, 0.3) is 0 Å². The minimum Gasteiger partial charge on any atom is -0.486 e. The Balaban J connectivity index is 1.88. The van der Waals surface area contributed by atoms with Crippen molar-refractivity contribution in [1.82, 2.24) is 0 Å². The highest BCUT2D eigenvalue weighted by Gasteiger charge is 2.17. The molecule has 1 aromatic carbocycles. The normalized spacial score (nSPS) is 15.3. The van der Waals surface area contributed by atoms with Gasteiger partial charge in [0, 0.05) is 9.75 Å². The minimum atomic E-state index is 0.216. The standard InChI is InChI=1S/C15H15BrO2S/c1-2-11-4-6-14(19-11)15(16)10-3-5-12-13(9-10)18-8-7-17-12/h3-6,9,15H,2,7-8H2,1H3. The third-order valence-electron chi connectivity index (χ3n) is 3.14. The first-order chi connectivity index (χ1) is 9.28. The maximum atomic E-state index is 5.63. The van der Waals surface area contributed by atoms with Gasteiger partial charge in [-0.2, -0.15) is 0 Å². The molecule has 0 aliphatic carbocycles. The number of alkyl halides is 1. The molecule has 0 fully saturated rings. The molecule has 2 heterocycles. The number of fused-ring (bicyclic) bond motifs is 1. The van der Waals surface area contributed by atoms with Crippen molar-refractivity contribution in [3.05, 3.63) is 45.6 Å². The average Bonchev–Trinajstić information content (AvgIpc) is 2.95. The highest BCUT2D eigenvalue weighted by molar-refractivity contribution is 9.09. The lowest BCUT2D eigenvalue weighted by Gasteiger charge is -2.19. The fraction of sp³-hybridized carbons (Fsp3) is 0.333. The Morgan fingerprint density at radius 1 is 1.16 bits per heavy atom. The van der Waals surface area contributed by atoms with Crippen LogP contribution in [0, 0.1) is 0 Å². The molecule has 1 aliphatic heterocycles. The van der Waals surface area contributed by atoms with E-state index in [1.165, 1.54) is 15.3 Å². The number of hydrogen-bond acceptors (Lipinski definition) is 3. The molecule has 2 nitrogen and oxygen atoms in total. The largest absolute Gasteiger partial charge is 0.486 e. The summed E-state index contributed by atoms with van der Waals surface area (Å²) in [6.07, 6.45) is 1.09. The molecular formula is C15H15BrO2S. The van der Waals surface area contributed by atoms with Gasteiger partial charge in [-0.25, -0.2) is 0 Å². The van der Waals surface area contributed by atoms with E-state index < -0.39 is 0 Å². The second kappa shape index (κ2) is 5.55. The van der Waals surface area contributed by atoms with E-state index in [1.807, 2.05) is 17.4 Å². The smallest absolute Gasteiger partial charge is 0.161 e. The topological polar surface area (TPSA) is 18.5 Å². The van der Waals surface area contributed by atoms with Gasteiger partial charge >= 0.3 is 0 Å². The SMILES string of the molecule is CCc1ccc(C(Br)c2ccc3c(c2)OCCO3)s1. The molecule has 1 aliphatic rings. The summed E-state index contributed by atoms with van der Waals surface area (Å²) in [5.74, 6) is 1.69. The third-order valence-corrected chi connectivity index (χ3v) is 5.76. The van der Waals surface area contributed by atoms with Crippen LogP contribution in [0.15, 0.2) is 30.3 Å². The first-order valence-electron chi connectivity index (χ1n) is 6.40. The maximum absolute atomic E-state index is 5.63. The summed E-state index contributed by atoms with van der Waals surface area (Å²) in [6, 6.07) is 10.6. The fourth-order valence-corrected chi connectivity index (χ4v) is 3.78. The van der Waals surface area contributed by atoms with Crippen molar-refractivity contribution in [3.8, 4) is 11.5 Å². The van der Waals surface area contributed by atoms with Crippen molar-refractivity contribution >= 4 is 27.3 Å². The van der Waals surface area contributed by atoms with Crippen LogP contribution < -0.4 is 9.47 Å². The first-order valence-corrected chi connectivity index (χ1v) is 8.13. The fourth-order valence-electron chi connectivity index (χ4n) is 2.10. The van der Waals surface area contributed by atoms with E-state index in [1.54, 1.807) is 0 Å². The van der Waals surface area contributed by atoms with Gasteiger partial charge in [0.1, 0.15) is 13.2 Å². The van der Waals surface area contributed by atoms with E-state index in [4.69, 9.17) is 9.47 Å². The molecule has 100 valence electrons. The molecule has 0 N–H and O–H groups in total. The Morgan fingerprint density at radius 2 is 1.95 bits per heavy atom. The van der Waals surface area contributed by atoms with Crippen molar-refractivity contribution in [2.75, 3.05) is 13.2 Å². The van der Waals surface area contributed by atoms with Crippen molar-refractivity contribution < 1.29 is 9.47 Å². The molecule has 0 amide bonds. The molecule has 0 spiro atoms. The molecule has 2 aromatic rings. The van der Waals surface area contributed by atoms with Gasteiger partial charge in [0.2, 0.25) is 0 Å². The van der Waals surface area contributed by atoms with Crippen LogP contribution in [0.4, 0.5) is 0 Å². The monoisotopic (exact) mass is 338 g/mol. The summed E-state index contributed by atoms with van der Waals surface area (Å²) in [5.41, 5.74) is 1.20. The number of rotatable bonds is 3. The highest BCUT2D eigenvalue weighted by Crippen LogP contribution is 2.39. The van der Waals surface area contributed by atoms with Gasteiger partial charge < -0.3 is 9.47 Å². The lowest BCUT2D eigenvalue weighted by atomic mass is 10.1. The molecule has 1 aromatic heterocycles. The van der Waals surface area contributed by atoms with Crippen LogP contribution in [-0.4, -0.2) is 13.2 Å². The van der Waals surface area contributed by atoms with E-state index in [2.05, 4.69) is 47.1 Å². The minimum absolute atomic E-state index is 0.216. The Morgan fingerprint density at radius 3 is 2.68 bits per heavy atom. The van der Waals surface area contributed by atoms with Crippen LogP contribution in [0.3, 0.4) is 0 Å². The second-order valence-corrected chi connectivity index (χ2v) is 6.54. The predicted molar refractivity (Wildman–Crippen MR) is 81.9 cm³/mol. The van der Waals surface area contributed by atoms with Crippen molar-refractivity contribution in [1.29, 1.82) is 0 Å². The van der Waals surface area contributed by atoms with Crippen molar-refractivity contribution in [3.63, 3.8) is 0 Å². The third kappa shape index (κ3) is 2.65. The van der Waals surface area contributed by atoms with Gasteiger partial charge in [-0.1, -0.05) is 28.9 Å². The molecule has 0 bridgehead atoms. The zero-order valence-electron chi connectivity index (χ0n) is 10.7. The highest BCUT2D eigenvalue weighted by atomic mass is 79.9. The zero-order valence-corrected chi connectivity index (χ0v) is 13.1. The Hall–Kier alpha value is -1.00. The summed E-state index contributed by atoms with van der Waals surface area (Å²) in [7, 11) is 0. The Labute approximate surface area is 125 Å². The van der Waals surface area contributed by atoms with Crippen LogP contribution in [0.5, 0.6) is 11.5 Å². The summed E-state index contributed by atoms with van der Waals surface area (Å²) in [5, 5.41) is 0. The van der Waals surface area contributed by atoms with Crippen LogP contribution in [0.1, 0.15) is 27.1 Å². The van der Waals surface area contributed by atoms with Crippen LogP contribution in [0.2, 0.25) is 0 Å². The second-order valence-electron chi connectivity index (χ2n) is 4.42. The number of thiophene rings is 1. The van der Waals surface area contributed by atoms with E-state index in [9.17, 15) is 0 Å². The molecule has 1 unspecified atom stereocenters. The van der Waals surface area contributed by atoms with Gasteiger partial charge in [-0.3, -0.25) is 0 Å². The Bertz CT molecular complexity index is 579. The zero-order chi connectivity index (χ0) is 13.2.